The van der Waals surface area contributed by atoms with Crippen molar-refractivity contribution in [2.75, 3.05) is 4.90 Å². The highest BCUT2D eigenvalue weighted by atomic mass is 16.4. The minimum atomic E-state index is -1.49. The fourth-order valence-electron chi connectivity index (χ4n) is 4.10. The van der Waals surface area contributed by atoms with Gasteiger partial charge in [0, 0.05) is 33.2 Å². The summed E-state index contributed by atoms with van der Waals surface area (Å²) in [6, 6.07) is 22.4. The van der Waals surface area contributed by atoms with Crippen LogP contribution in [-0.2, 0) is 0 Å². The van der Waals surface area contributed by atoms with E-state index < -0.39 is 17.8 Å². The van der Waals surface area contributed by atoms with Crippen molar-refractivity contribution in [1.29, 1.82) is 0 Å². The average molecular weight is 420 g/mol. The molecular weight excluding hydrogens is 406 g/mol. The van der Waals surface area contributed by atoms with Crippen molar-refractivity contribution in [3.05, 3.63) is 113 Å². The lowest BCUT2D eigenvalue weighted by molar-refractivity contribution is -0.254. The number of nitrogens with zero attached hydrogens (tertiary/aromatic N) is 1. The molecule has 32 heavy (non-hydrogen) atoms. The number of hydrogen-bond acceptors (Lipinski definition) is 5. The largest absolute Gasteiger partial charge is 0.545 e. The summed E-state index contributed by atoms with van der Waals surface area (Å²) in [5.41, 5.74) is 0.975. The van der Waals surface area contributed by atoms with E-state index in [2.05, 4.69) is 0 Å². The highest BCUT2D eigenvalue weighted by molar-refractivity contribution is 6.37. The van der Waals surface area contributed by atoms with E-state index in [9.17, 15) is 24.3 Å². The monoisotopic (exact) mass is 420 g/mol. The van der Waals surface area contributed by atoms with Crippen molar-refractivity contribution in [3.63, 3.8) is 0 Å². The topological polar surface area (TPSA) is 94.6 Å². The lowest BCUT2D eigenvalue weighted by Crippen LogP contribution is -2.42. The Morgan fingerprint density at radius 3 is 2.03 bits per heavy atom. The summed E-state index contributed by atoms with van der Waals surface area (Å²) in [6.45, 7) is 0. The van der Waals surface area contributed by atoms with Crippen LogP contribution < -0.4 is 10.0 Å². The molecule has 0 aromatic heterocycles. The third kappa shape index (κ3) is 2.81. The van der Waals surface area contributed by atoms with Crippen LogP contribution in [0.3, 0.4) is 0 Å². The zero-order valence-electron chi connectivity index (χ0n) is 16.6. The Morgan fingerprint density at radius 2 is 1.31 bits per heavy atom. The molecular formula is C26H14NO5-. The number of carbonyl (C=O) groups is 4. The maximum absolute atomic E-state index is 13.3. The quantitative estimate of drug-likeness (QED) is 0.373. The predicted octanol–water partition coefficient (Wildman–Crippen LogP) is 3.23. The predicted molar refractivity (Wildman–Crippen MR) is 116 cm³/mol. The Kier molecular flexibility index (Phi) is 4.41. The number of para-hydroxylation sites is 1. The summed E-state index contributed by atoms with van der Waals surface area (Å²) in [4.78, 5) is 52.2. The second-order valence-corrected chi connectivity index (χ2v) is 7.33. The van der Waals surface area contributed by atoms with Gasteiger partial charge in [-0.1, -0.05) is 60.7 Å². The minimum Gasteiger partial charge on any atom is -0.545 e. The van der Waals surface area contributed by atoms with E-state index >= 15 is 0 Å². The number of benzene rings is 4. The maximum atomic E-state index is 13.3. The Balaban J connectivity index is 1.72. The lowest BCUT2D eigenvalue weighted by atomic mass is 9.88. The molecule has 4 aromatic rings. The van der Waals surface area contributed by atoms with Crippen LogP contribution in [0.1, 0.15) is 47.0 Å². The molecule has 0 fully saturated rings. The summed E-state index contributed by atoms with van der Waals surface area (Å²) in [5.74, 6) is -3.04. The van der Waals surface area contributed by atoms with Gasteiger partial charge in [-0.2, -0.15) is 0 Å². The van der Waals surface area contributed by atoms with Crippen molar-refractivity contribution in [2.45, 2.75) is 0 Å². The van der Waals surface area contributed by atoms with Crippen LogP contribution in [0.5, 0.6) is 0 Å². The molecule has 154 valence electrons. The van der Waals surface area contributed by atoms with Crippen molar-refractivity contribution in [2.24, 2.45) is 0 Å². The Labute approximate surface area is 182 Å². The van der Waals surface area contributed by atoms with E-state index in [1.165, 1.54) is 24.3 Å². The molecule has 6 heteroatoms. The first-order valence-electron chi connectivity index (χ1n) is 9.83. The second-order valence-electron chi connectivity index (χ2n) is 7.33. The van der Waals surface area contributed by atoms with E-state index in [-0.39, 0.29) is 28.2 Å². The molecule has 6 nitrogen and oxygen atoms in total. The molecule has 0 unspecified atom stereocenters. The van der Waals surface area contributed by atoms with Crippen LogP contribution in [0.25, 0.3) is 10.8 Å². The molecule has 0 bridgehead atoms. The molecule has 0 atom stereocenters. The first-order valence-corrected chi connectivity index (χ1v) is 9.83. The fraction of sp³-hybridized carbons (Fsp3) is 0. The zero-order valence-corrected chi connectivity index (χ0v) is 16.6. The van der Waals surface area contributed by atoms with Gasteiger partial charge in [0.25, 0.3) is 11.8 Å². The number of amides is 2. The summed E-state index contributed by atoms with van der Waals surface area (Å²) in [6.07, 6.45) is 0. The fourth-order valence-corrected chi connectivity index (χ4v) is 4.10. The van der Waals surface area contributed by atoms with Crippen LogP contribution in [0.2, 0.25) is 0 Å². The second kappa shape index (κ2) is 7.28. The molecule has 0 N–H and O–H groups in total. The Bertz CT molecular complexity index is 1430. The van der Waals surface area contributed by atoms with Crippen molar-refractivity contribution >= 4 is 40.0 Å². The number of aromatic carboxylic acids is 1. The van der Waals surface area contributed by atoms with Crippen molar-refractivity contribution in [1.82, 2.24) is 0 Å². The van der Waals surface area contributed by atoms with Crippen molar-refractivity contribution in [3.8, 4) is 0 Å². The number of imide groups is 1. The smallest absolute Gasteiger partial charge is 0.266 e. The van der Waals surface area contributed by atoms with Gasteiger partial charge in [-0.25, -0.2) is 4.90 Å². The summed E-state index contributed by atoms with van der Waals surface area (Å²) < 4.78 is 0. The average Bonchev–Trinajstić information content (AvgIpc) is 2.82. The normalized spacial score (nSPS) is 12.8. The Morgan fingerprint density at radius 1 is 0.656 bits per heavy atom. The van der Waals surface area contributed by atoms with Gasteiger partial charge in [-0.3, -0.25) is 14.4 Å². The standard InChI is InChI=1S/C26H15NO5/c28-23(15-7-2-1-3-8-15)17-13-14-20-22-16(17)10-6-11-19(22)24(29)27(25(20)30)21-12-5-4-9-18(21)26(31)32/h1-14H,(H,31,32)/p-1. The van der Waals surface area contributed by atoms with E-state index in [4.69, 9.17) is 0 Å². The van der Waals surface area contributed by atoms with E-state index in [1.54, 1.807) is 54.6 Å². The molecule has 2 amide bonds. The first-order chi connectivity index (χ1) is 15.5. The molecule has 0 aliphatic carbocycles. The van der Waals surface area contributed by atoms with Gasteiger partial charge < -0.3 is 9.90 Å². The maximum Gasteiger partial charge on any atom is 0.266 e. The van der Waals surface area contributed by atoms with E-state index in [1.807, 2.05) is 6.07 Å². The number of hydrogen-bond donors (Lipinski definition) is 0. The number of carboxylic acid groups (broad SMARTS) is 1. The van der Waals surface area contributed by atoms with Gasteiger partial charge in [-0.15, -0.1) is 0 Å². The summed E-state index contributed by atoms with van der Waals surface area (Å²) >= 11 is 0. The zero-order chi connectivity index (χ0) is 22.4. The number of anilines is 1. The number of carboxylic acids is 1. The first kappa shape index (κ1) is 19.4. The third-order valence-electron chi connectivity index (χ3n) is 5.55. The SMILES string of the molecule is O=C([O-])c1ccccc1N1C(=O)c2cccc3c(C(=O)c4ccccc4)ccc(c23)C1=O. The van der Waals surface area contributed by atoms with Gasteiger partial charge in [0.1, 0.15) is 0 Å². The molecule has 0 saturated carbocycles. The van der Waals surface area contributed by atoms with E-state index in [0.29, 0.717) is 21.9 Å². The van der Waals surface area contributed by atoms with E-state index in [0.717, 1.165) is 4.90 Å². The highest BCUT2D eigenvalue weighted by Crippen LogP contribution is 2.36. The lowest BCUT2D eigenvalue weighted by Gasteiger charge is -2.29. The van der Waals surface area contributed by atoms with Crippen LogP contribution >= 0.6 is 0 Å². The van der Waals surface area contributed by atoms with Crippen molar-refractivity contribution < 1.29 is 24.3 Å². The van der Waals surface area contributed by atoms with Crippen LogP contribution in [-0.4, -0.2) is 23.6 Å². The molecule has 1 aliphatic heterocycles. The molecule has 0 saturated heterocycles. The number of carbonyl (C=O) groups excluding carboxylic acids is 4. The summed E-state index contributed by atoms with van der Waals surface area (Å²) in [5, 5.41) is 12.4. The van der Waals surface area contributed by atoms with Crippen LogP contribution in [0.15, 0.2) is 84.9 Å². The summed E-state index contributed by atoms with van der Waals surface area (Å²) in [7, 11) is 0. The molecule has 1 aliphatic rings. The highest BCUT2D eigenvalue weighted by Gasteiger charge is 2.36. The third-order valence-corrected chi connectivity index (χ3v) is 5.55. The molecule has 1 heterocycles. The number of ketones is 1. The number of rotatable bonds is 4. The van der Waals surface area contributed by atoms with Gasteiger partial charge in [0.05, 0.1) is 11.7 Å². The van der Waals surface area contributed by atoms with Gasteiger partial charge >= 0.3 is 0 Å². The Hall–Kier alpha value is -4.58. The molecule has 0 radical (unpaired) electrons. The van der Waals surface area contributed by atoms with Gasteiger partial charge in [0.2, 0.25) is 0 Å². The molecule has 5 rings (SSSR count). The van der Waals surface area contributed by atoms with Gasteiger partial charge in [-0.05, 0) is 29.7 Å². The molecule has 4 aromatic carbocycles. The minimum absolute atomic E-state index is 0.0606. The van der Waals surface area contributed by atoms with Crippen LogP contribution in [0.4, 0.5) is 5.69 Å². The van der Waals surface area contributed by atoms with Gasteiger partial charge in [0.15, 0.2) is 5.78 Å². The molecule has 0 spiro atoms. The van der Waals surface area contributed by atoms with Crippen LogP contribution in [0, 0.1) is 0 Å².